The first-order valence-corrected chi connectivity index (χ1v) is 4.80. The van der Waals surface area contributed by atoms with Crippen LogP contribution >= 0.6 is 0 Å². The average molecular weight is 288 g/mol. The number of aliphatic hydroxyl groups is 1. The van der Waals surface area contributed by atoms with Crippen molar-refractivity contribution in [2.75, 3.05) is 0 Å². The Morgan fingerprint density at radius 2 is 1.89 bits per heavy atom. The monoisotopic (exact) mass is 288 g/mol. The van der Waals surface area contributed by atoms with Crippen LogP contribution in [0.2, 0.25) is 0 Å². The highest BCUT2D eigenvalue weighted by Crippen LogP contribution is 2.49. The molecule has 1 rings (SSSR count). The number of alkyl halides is 5. The van der Waals surface area contributed by atoms with Gasteiger partial charge in [-0.3, -0.25) is 4.79 Å². The molecule has 0 bridgehead atoms. The lowest BCUT2D eigenvalue weighted by Gasteiger charge is -2.34. The summed E-state index contributed by atoms with van der Waals surface area (Å²) in [5.41, 5.74) is -3.99. The topological polar surface area (TPSA) is 75.3 Å². The normalized spacial score (nSPS) is 16.2. The van der Waals surface area contributed by atoms with E-state index in [1.807, 2.05) is 0 Å². The van der Waals surface area contributed by atoms with Gasteiger partial charge in [0.2, 0.25) is 5.60 Å². The molecule has 0 spiro atoms. The summed E-state index contributed by atoms with van der Waals surface area (Å²) in [5, 5.41) is 18.1. The van der Waals surface area contributed by atoms with Gasteiger partial charge in [0.25, 0.3) is 0 Å². The van der Waals surface area contributed by atoms with Gasteiger partial charge in [-0.15, -0.1) is 0 Å². The van der Waals surface area contributed by atoms with Crippen molar-refractivity contribution in [1.82, 2.24) is 9.55 Å². The van der Waals surface area contributed by atoms with Crippen LogP contribution in [0.4, 0.5) is 22.0 Å². The molecule has 19 heavy (non-hydrogen) atoms. The number of carboxylic acid groups (broad SMARTS) is 1. The number of nitrogens with zero attached hydrogens (tertiary/aromatic N) is 2. The molecule has 5 nitrogen and oxygen atoms in total. The number of hydrogen-bond acceptors (Lipinski definition) is 3. The van der Waals surface area contributed by atoms with Crippen LogP contribution in [-0.4, -0.2) is 37.8 Å². The fraction of sp³-hybridized carbons (Fsp3) is 0.556. The van der Waals surface area contributed by atoms with Crippen LogP contribution < -0.4 is 0 Å². The number of imidazole rings is 1. The van der Waals surface area contributed by atoms with Gasteiger partial charge in [0.15, 0.2) is 0 Å². The second-order valence-electron chi connectivity index (χ2n) is 3.86. The minimum absolute atomic E-state index is 0.697. The number of rotatable bonds is 4. The Labute approximate surface area is 103 Å². The molecule has 0 unspecified atom stereocenters. The smallest absolute Gasteiger partial charge is 0.456 e. The maximum Gasteiger partial charge on any atom is 0.456 e. The highest BCUT2D eigenvalue weighted by atomic mass is 19.4. The van der Waals surface area contributed by atoms with Crippen LogP contribution in [0.3, 0.4) is 0 Å². The van der Waals surface area contributed by atoms with Gasteiger partial charge in [-0.25, -0.2) is 4.98 Å². The number of aromatic nitrogens is 2. The zero-order chi connectivity index (χ0) is 15.1. The van der Waals surface area contributed by atoms with Crippen LogP contribution in [0.5, 0.6) is 0 Å². The van der Waals surface area contributed by atoms with Gasteiger partial charge in [0.05, 0.1) is 6.42 Å². The van der Waals surface area contributed by atoms with Crippen LogP contribution in [0.1, 0.15) is 12.2 Å². The molecule has 10 heteroatoms. The van der Waals surface area contributed by atoms with E-state index in [1.54, 1.807) is 0 Å². The maximum atomic E-state index is 13.4. The molecule has 0 aromatic carbocycles. The molecule has 0 aliphatic carbocycles. The molecule has 0 fully saturated rings. The Balaban J connectivity index is 3.45. The van der Waals surface area contributed by atoms with E-state index in [9.17, 15) is 31.9 Å². The third-order valence-electron chi connectivity index (χ3n) is 2.47. The number of carbonyl (C=O) groups is 1. The molecule has 1 atom stereocenters. The fourth-order valence-electron chi connectivity index (χ4n) is 1.55. The van der Waals surface area contributed by atoms with Crippen LogP contribution in [0.15, 0.2) is 12.4 Å². The number of hydrogen-bond donors (Lipinski definition) is 2. The van der Waals surface area contributed by atoms with Gasteiger partial charge >= 0.3 is 18.1 Å². The molecule has 0 aliphatic heterocycles. The van der Waals surface area contributed by atoms with Crippen LogP contribution in [0, 0.1) is 0 Å². The standard InChI is InChI=1S/C9H9F5N2O3/c1-16-3-2-15-6(16)7(19,4-5(17)18)8(10,11)9(12,13)14/h2-3,19H,4H2,1H3,(H,17,18)/t7-/m1/s1. The van der Waals surface area contributed by atoms with Crippen molar-refractivity contribution in [3.05, 3.63) is 18.2 Å². The quantitative estimate of drug-likeness (QED) is 0.818. The summed E-state index contributed by atoms with van der Waals surface area (Å²) in [6.45, 7) is 0. The van der Waals surface area contributed by atoms with Gasteiger partial charge in [0.1, 0.15) is 5.82 Å². The van der Waals surface area contributed by atoms with E-state index in [0.29, 0.717) is 4.57 Å². The second-order valence-corrected chi connectivity index (χ2v) is 3.86. The molecular weight excluding hydrogens is 279 g/mol. The molecular formula is C9H9F5N2O3. The molecule has 0 radical (unpaired) electrons. The van der Waals surface area contributed by atoms with Crippen molar-refractivity contribution in [3.8, 4) is 0 Å². The van der Waals surface area contributed by atoms with Gasteiger partial charge in [-0.1, -0.05) is 0 Å². The van der Waals surface area contributed by atoms with Gasteiger partial charge in [-0.2, -0.15) is 22.0 Å². The van der Waals surface area contributed by atoms with Crippen molar-refractivity contribution in [1.29, 1.82) is 0 Å². The van der Waals surface area contributed by atoms with Crippen molar-refractivity contribution in [2.45, 2.75) is 24.1 Å². The summed E-state index contributed by atoms with van der Waals surface area (Å²) >= 11 is 0. The molecule has 1 aromatic heterocycles. The SMILES string of the molecule is Cn1ccnc1[C@](O)(CC(=O)O)C(F)(F)C(F)(F)F. The number of halogens is 5. The molecule has 0 amide bonds. The first kappa shape index (κ1) is 15.3. The molecule has 0 saturated heterocycles. The van der Waals surface area contributed by atoms with E-state index < -0.39 is 35.9 Å². The van der Waals surface area contributed by atoms with Crippen molar-refractivity contribution >= 4 is 5.97 Å². The summed E-state index contributed by atoms with van der Waals surface area (Å²) in [4.78, 5) is 13.7. The molecule has 1 aromatic rings. The highest BCUT2D eigenvalue weighted by Gasteiger charge is 2.72. The largest absolute Gasteiger partial charge is 0.481 e. The predicted octanol–water partition coefficient (Wildman–Crippen LogP) is 1.28. The van der Waals surface area contributed by atoms with Crippen molar-refractivity contribution in [2.24, 2.45) is 7.05 Å². The van der Waals surface area contributed by atoms with Gasteiger partial charge in [-0.05, 0) is 0 Å². The molecule has 2 N–H and O–H groups in total. The molecule has 108 valence electrons. The van der Waals surface area contributed by atoms with Gasteiger partial charge < -0.3 is 14.8 Å². The lowest BCUT2D eigenvalue weighted by molar-refractivity contribution is -0.348. The molecule has 0 saturated carbocycles. The average Bonchev–Trinajstić information content (AvgIpc) is 2.61. The highest BCUT2D eigenvalue weighted by molar-refractivity contribution is 5.68. The summed E-state index contributed by atoms with van der Waals surface area (Å²) in [6, 6.07) is 0. The zero-order valence-corrected chi connectivity index (χ0v) is 9.45. The van der Waals surface area contributed by atoms with Crippen molar-refractivity contribution < 1.29 is 37.0 Å². The van der Waals surface area contributed by atoms with E-state index in [2.05, 4.69) is 4.98 Å². The fourth-order valence-corrected chi connectivity index (χ4v) is 1.55. The number of carboxylic acids is 1. The Morgan fingerprint density at radius 3 is 2.21 bits per heavy atom. The molecule has 1 heterocycles. The van der Waals surface area contributed by atoms with E-state index in [-0.39, 0.29) is 0 Å². The summed E-state index contributed by atoms with van der Waals surface area (Å²) in [7, 11) is 1.06. The summed E-state index contributed by atoms with van der Waals surface area (Å²) in [6.07, 6.45) is -6.09. The lowest BCUT2D eigenvalue weighted by atomic mass is 9.90. The summed E-state index contributed by atoms with van der Waals surface area (Å²) < 4.78 is 64.6. The maximum absolute atomic E-state index is 13.4. The van der Waals surface area contributed by atoms with E-state index in [4.69, 9.17) is 5.11 Å². The first-order valence-electron chi connectivity index (χ1n) is 4.80. The zero-order valence-electron chi connectivity index (χ0n) is 9.45. The van der Waals surface area contributed by atoms with Crippen LogP contribution in [-0.2, 0) is 17.4 Å². The van der Waals surface area contributed by atoms with E-state index >= 15 is 0 Å². The third-order valence-corrected chi connectivity index (χ3v) is 2.47. The Morgan fingerprint density at radius 1 is 1.37 bits per heavy atom. The number of aliphatic carboxylic acids is 1. The van der Waals surface area contributed by atoms with Crippen molar-refractivity contribution in [3.63, 3.8) is 0 Å². The Bertz CT molecular complexity index is 484. The number of aryl methyl sites for hydroxylation is 1. The van der Waals surface area contributed by atoms with E-state index in [1.165, 1.54) is 0 Å². The Kier molecular flexibility index (Phi) is 3.59. The molecule has 0 aliphatic rings. The van der Waals surface area contributed by atoms with Gasteiger partial charge in [0, 0.05) is 19.4 Å². The predicted molar refractivity (Wildman–Crippen MR) is 50.4 cm³/mol. The van der Waals surface area contributed by atoms with Crippen LogP contribution in [0.25, 0.3) is 0 Å². The lowest BCUT2D eigenvalue weighted by Crippen LogP contribution is -2.56. The minimum Gasteiger partial charge on any atom is -0.481 e. The van der Waals surface area contributed by atoms with E-state index in [0.717, 1.165) is 19.4 Å². The first-order chi connectivity index (χ1) is 8.43. The summed E-state index contributed by atoms with van der Waals surface area (Å²) in [5.74, 6) is -8.77. The second kappa shape index (κ2) is 4.44. The third kappa shape index (κ3) is 2.39. The minimum atomic E-state index is -6.12. The Hall–Kier alpha value is -1.71.